The van der Waals surface area contributed by atoms with E-state index in [0.29, 0.717) is 0 Å². The number of aliphatic carboxylic acids is 1. The van der Waals surface area contributed by atoms with Crippen LogP contribution in [0.4, 0.5) is 8.78 Å². The molecule has 0 aromatic heterocycles. The Morgan fingerprint density at radius 1 is 1.05 bits per heavy atom. The van der Waals surface area contributed by atoms with Crippen LogP contribution in [-0.4, -0.2) is 11.1 Å². The minimum Gasteiger partial charge on any atom is -0.478 e. The molecule has 96 valence electrons. The maximum absolute atomic E-state index is 13.5. The van der Waals surface area contributed by atoms with Crippen LogP contribution in [0.25, 0.3) is 11.6 Å². The quantitative estimate of drug-likeness (QED) is 0.676. The lowest BCUT2D eigenvalue weighted by Crippen LogP contribution is -2.00. The molecule has 0 aliphatic heterocycles. The van der Waals surface area contributed by atoms with Crippen molar-refractivity contribution in [2.45, 2.75) is 0 Å². The fraction of sp³-hybridized carbons (Fsp3) is 0. The predicted molar refractivity (Wildman–Crippen MR) is 68.3 cm³/mol. The predicted octanol–water partition coefficient (Wildman–Crippen LogP) is 3.59. The van der Waals surface area contributed by atoms with E-state index in [1.165, 1.54) is 42.5 Å². The van der Waals surface area contributed by atoms with Gasteiger partial charge in [-0.05, 0) is 29.8 Å². The van der Waals surface area contributed by atoms with Crippen molar-refractivity contribution in [3.63, 3.8) is 0 Å². The van der Waals surface area contributed by atoms with Crippen LogP contribution in [0.1, 0.15) is 11.1 Å². The normalized spacial score (nSPS) is 11.4. The van der Waals surface area contributed by atoms with Crippen molar-refractivity contribution in [3.8, 4) is 0 Å². The molecule has 0 atom stereocenters. The third kappa shape index (κ3) is 3.04. The van der Waals surface area contributed by atoms with E-state index < -0.39 is 17.6 Å². The molecule has 0 radical (unpaired) electrons. The van der Waals surface area contributed by atoms with Crippen molar-refractivity contribution >= 4 is 17.6 Å². The highest BCUT2D eigenvalue weighted by atomic mass is 19.1. The van der Waals surface area contributed by atoms with E-state index in [9.17, 15) is 13.6 Å². The summed E-state index contributed by atoms with van der Waals surface area (Å²) in [4.78, 5) is 11.2. The van der Waals surface area contributed by atoms with Crippen LogP contribution in [0, 0.1) is 11.6 Å². The molecule has 0 amide bonds. The monoisotopic (exact) mass is 260 g/mol. The van der Waals surface area contributed by atoms with E-state index in [1.807, 2.05) is 0 Å². The van der Waals surface area contributed by atoms with Crippen LogP contribution in [0.5, 0.6) is 0 Å². The molecule has 0 spiro atoms. The first-order valence-electron chi connectivity index (χ1n) is 5.53. The van der Waals surface area contributed by atoms with Crippen molar-refractivity contribution in [3.05, 3.63) is 71.3 Å². The fourth-order valence-electron chi connectivity index (χ4n) is 1.67. The molecule has 2 aromatic rings. The van der Waals surface area contributed by atoms with E-state index in [2.05, 4.69) is 0 Å². The van der Waals surface area contributed by atoms with Gasteiger partial charge < -0.3 is 5.11 Å². The molecule has 19 heavy (non-hydrogen) atoms. The first-order valence-corrected chi connectivity index (χ1v) is 5.53. The number of hydrogen-bond donors (Lipinski definition) is 1. The van der Waals surface area contributed by atoms with Crippen molar-refractivity contribution in [2.75, 3.05) is 0 Å². The molecule has 1 N–H and O–H groups in total. The Hall–Kier alpha value is -2.49. The van der Waals surface area contributed by atoms with Crippen molar-refractivity contribution in [1.29, 1.82) is 0 Å². The van der Waals surface area contributed by atoms with Gasteiger partial charge >= 0.3 is 5.97 Å². The molecule has 4 heteroatoms. The van der Waals surface area contributed by atoms with E-state index in [0.717, 1.165) is 6.07 Å². The molecule has 0 bridgehead atoms. The topological polar surface area (TPSA) is 37.3 Å². The van der Waals surface area contributed by atoms with Gasteiger partial charge in [-0.3, -0.25) is 0 Å². The van der Waals surface area contributed by atoms with E-state index >= 15 is 0 Å². The summed E-state index contributed by atoms with van der Waals surface area (Å²) in [5, 5.41) is 9.16. The van der Waals surface area contributed by atoms with E-state index in [-0.39, 0.29) is 16.7 Å². The molecule has 0 fully saturated rings. The Balaban J connectivity index is 2.53. The van der Waals surface area contributed by atoms with Gasteiger partial charge in [-0.15, -0.1) is 0 Å². The lowest BCUT2D eigenvalue weighted by molar-refractivity contribution is -0.130. The van der Waals surface area contributed by atoms with Crippen LogP contribution in [0.2, 0.25) is 0 Å². The third-order valence-electron chi connectivity index (χ3n) is 2.57. The summed E-state index contributed by atoms with van der Waals surface area (Å²) in [5.41, 5.74) is 0.171. The van der Waals surface area contributed by atoms with Crippen LogP contribution < -0.4 is 0 Å². The number of rotatable bonds is 3. The number of hydrogen-bond acceptors (Lipinski definition) is 1. The minimum atomic E-state index is -1.24. The summed E-state index contributed by atoms with van der Waals surface area (Å²) in [6.07, 6.45) is 1.19. The molecular weight excluding hydrogens is 250 g/mol. The number of carboxylic acid groups (broad SMARTS) is 1. The minimum absolute atomic E-state index is 0.143. The summed E-state index contributed by atoms with van der Waals surface area (Å²) in [5.74, 6) is -2.32. The molecule has 0 aliphatic rings. The van der Waals surface area contributed by atoms with Crippen molar-refractivity contribution in [1.82, 2.24) is 0 Å². The standard InChI is InChI=1S/C15H10F2O2/c16-12-6-3-5-10(8-12)13(15(18)19)9-11-4-1-2-7-14(11)17/h1-9H,(H,18,19)/b13-9+. The largest absolute Gasteiger partial charge is 0.478 e. The maximum atomic E-state index is 13.5. The number of carboxylic acids is 1. The molecular formula is C15H10F2O2. The molecule has 0 heterocycles. The highest BCUT2D eigenvalue weighted by molar-refractivity contribution is 6.20. The first kappa shape index (κ1) is 13.0. The molecule has 2 aromatic carbocycles. The summed E-state index contributed by atoms with van der Waals surface area (Å²) in [6.45, 7) is 0. The smallest absolute Gasteiger partial charge is 0.336 e. The highest BCUT2D eigenvalue weighted by Crippen LogP contribution is 2.20. The molecule has 2 rings (SSSR count). The second kappa shape index (κ2) is 5.44. The maximum Gasteiger partial charge on any atom is 0.336 e. The summed E-state index contributed by atoms with van der Waals surface area (Å²) < 4.78 is 26.6. The highest BCUT2D eigenvalue weighted by Gasteiger charge is 2.12. The van der Waals surface area contributed by atoms with E-state index in [4.69, 9.17) is 5.11 Å². The second-order valence-corrected chi connectivity index (χ2v) is 3.90. The summed E-state index contributed by atoms with van der Waals surface area (Å²) in [7, 11) is 0. The van der Waals surface area contributed by atoms with Gasteiger partial charge in [-0.25, -0.2) is 13.6 Å². The molecule has 0 saturated heterocycles. The Kier molecular flexibility index (Phi) is 3.71. The van der Waals surface area contributed by atoms with Gasteiger partial charge in [-0.1, -0.05) is 30.3 Å². The van der Waals surface area contributed by atoms with Gasteiger partial charge in [0.25, 0.3) is 0 Å². The summed E-state index contributed by atoms with van der Waals surface area (Å²) in [6, 6.07) is 11.0. The Bertz CT molecular complexity index is 648. The van der Waals surface area contributed by atoms with E-state index in [1.54, 1.807) is 6.07 Å². The zero-order valence-corrected chi connectivity index (χ0v) is 9.81. The van der Waals surface area contributed by atoms with Crippen molar-refractivity contribution < 1.29 is 18.7 Å². The molecule has 2 nitrogen and oxygen atoms in total. The Morgan fingerprint density at radius 2 is 1.79 bits per heavy atom. The Morgan fingerprint density at radius 3 is 2.42 bits per heavy atom. The van der Waals surface area contributed by atoms with Crippen LogP contribution >= 0.6 is 0 Å². The van der Waals surface area contributed by atoms with Gasteiger partial charge in [0.1, 0.15) is 11.6 Å². The SMILES string of the molecule is O=C(O)/C(=C/c1ccccc1F)c1cccc(F)c1. The zero-order chi connectivity index (χ0) is 13.8. The average molecular weight is 260 g/mol. The lowest BCUT2D eigenvalue weighted by Gasteiger charge is -2.04. The fourth-order valence-corrected chi connectivity index (χ4v) is 1.67. The Labute approximate surface area is 108 Å². The van der Waals surface area contributed by atoms with Gasteiger partial charge in [0, 0.05) is 5.56 Å². The van der Waals surface area contributed by atoms with Crippen LogP contribution in [0.15, 0.2) is 48.5 Å². The average Bonchev–Trinajstić information content (AvgIpc) is 2.37. The third-order valence-corrected chi connectivity index (χ3v) is 2.57. The van der Waals surface area contributed by atoms with Gasteiger partial charge in [0.2, 0.25) is 0 Å². The number of benzene rings is 2. The lowest BCUT2D eigenvalue weighted by atomic mass is 10.0. The number of carbonyl (C=O) groups is 1. The zero-order valence-electron chi connectivity index (χ0n) is 9.81. The van der Waals surface area contributed by atoms with Gasteiger partial charge in [0.15, 0.2) is 0 Å². The van der Waals surface area contributed by atoms with Crippen molar-refractivity contribution in [2.24, 2.45) is 0 Å². The van der Waals surface area contributed by atoms with Gasteiger partial charge in [-0.2, -0.15) is 0 Å². The number of halogens is 2. The van der Waals surface area contributed by atoms with Crippen LogP contribution in [0.3, 0.4) is 0 Å². The molecule has 0 unspecified atom stereocenters. The second-order valence-electron chi connectivity index (χ2n) is 3.90. The van der Waals surface area contributed by atoms with Gasteiger partial charge in [0.05, 0.1) is 5.57 Å². The molecule has 0 aliphatic carbocycles. The van der Waals surface area contributed by atoms with Crippen LogP contribution in [-0.2, 0) is 4.79 Å². The molecule has 0 saturated carbocycles. The summed E-state index contributed by atoms with van der Waals surface area (Å²) >= 11 is 0. The first-order chi connectivity index (χ1) is 9.08.